The lowest BCUT2D eigenvalue weighted by Crippen LogP contribution is -2.43. The van der Waals surface area contributed by atoms with Crippen LogP contribution in [0.15, 0.2) is 48.5 Å². The highest BCUT2D eigenvalue weighted by molar-refractivity contribution is 7.99. The Hall–Kier alpha value is -3.00. The number of carboxylic acids is 1. The van der Waals surface area contributed by atoms with Gasteiger partial charge in [-0.1, -0.05) is 48.5 Å². The molecule has 3 rings (SSSR count). The molecule has 2 aromatic carbocycles. The predicted molar refractivity (Wildman–Crippen MR) is 127 cm³/mol. The normalized spacial score (nSPS) is 13.5. The molecule has 176 valence electrons. The van der Waals surface area contributed by atoms with Gasteiger partial charge in [-0.2, -0.15) is 11.8 Å². The van der Waals surface area contributed by atoms with Crippen LogP contribution in [-0.2, 0) is 19.1 Å². The Morgan fingerprint density at radius 2 is 1.61 bits per heavy atom. The minimum absolute atomic E-state index is 0.102. The second kappa shape index (κ2) is 10.7. The van der Waals surface area contributed by atoms with Crippen molar-refractivity contribution in [2.75, 3.05) is 18.1 Å². The number of fused-ring (bicyclic) bond motifs is 3. The highest BCUT2D eigenvalue weighted by Crippen LogP contribution is 2.44. The first-order valence-electron chi connectivity index (χ1n) is 10.8. The van der Waals surface area contributed by atoms with Gasteiger partial charge in [0, 0.05) is 17.4 Å². The van der Waals surface area contributed by atoms with Crippen molar-refractivity contribution in [3.63, 3.8) is 0 Å². The Labute approximate surface area is 197 Å². The first-order chi connectivity index (χ1) is 15.7. The van der Waals surface area contributed by atoms with Crippen LogP contribution in [0.4, 0.5) is 4.79 Å². The third kappa shape index (κ3) is 6.74. The van der Waals surface area contributed by atoms with E-state index in [1.807, 2.05) is 48.5 Å². The van der Waals surface area contributed by atoms with E-state index >= 15 is 0 Å². The summed E-state index contributed by atoms with van der Waals surface area (Å²) >= 11 is 1.26. The zero-order valence-corrected chi connectivity index (χ0v) is 19.8. The van der Waals surface area contributed by atoms with Gasteiger partial charge in [-0.05, 0) is 43.0 Å². The number of hydrogen-bond acceptors (Lipinski definition) is 6. The SMILES string of the molecule is CC(C)(C)OC(=O)CCSCC(NC(=O)OCC1c2ccccc2-c2ccccc21)C(=O)O. The average molecular weight is 472 g/mol. The van der Waals surface area contributed by atoms with Crippen LogP contribution in [0.2, 0.25) is 0 Å². The largest absolute Gasteiger partial charge is 0.480 e. The Kier molecular flexibility index (Phi) is 8.02. The standard InChI is InChI=1S/C25H29NO6S/c1-25(2,3)32-22(27)12-13-33-15-21(23(28)29)26-24(30)31-14-20-18-10-6-4-8-16(18)17-9-5-7-11-19(17)20/h4-11,20-21H,12-15H2,1-3H3,(H,26,30)(H,28,29). The Morgan fingerprint density at radius 3 is 2.15 bits per heavy atom. The molecule has 7 nitrogen and oxygen atoms in total. The van der Waals surface area contributed by atoms with Crippen molar-refractivity contribution in [3.8, 4) is 11.1 Å². The molecule has 0 saturated heterocycles. The van der Waals surface area contributed by atoms with Crippen LogP contribution in [0.1, 0.15) is 44.2 Å². The van der Waals surface area contributed by atoms with Gasteiger partial charge < -0.3 is 19.9 Å². The number of ether oxygens (including phenoxy) is 2. The summed E-state index contributed by atoms with van der Waals surface area (Å²) in [5.41, 5.74) is 3.84. The number of carbonyl (C=O) groups is 3. The molecule has 8 heteroatoms. The zero-order valence-electron chi connectivity index (χ0n) is 19.0. The molecular formula is C25H29NO6S. The van der Waals surface area contributed by atoms with E-state index in [4.69, 9.17) is 9.47 Å². The molecule has 0 bridgehead atoms. The molecule has 0 aliphatic heterocycles. The molecular weight excluding hydrogens is 442 g/mol. The number of carboxylic acid groups (broad SMARTS) is 1. The zero-order chi connectivity index (χ0) is 24.0. The maximum Gasteiger partial charge on any atom is 0.407 e. The minimum atomic E-state index is -1.16. The smallest absolute Gasteiger partial charge is 0.407 e. The number of hydrogen-bond donors (Lipinski definition) is 2. The van der Waals surface area contributed by atoms with Crippen molar-refractivity contribution in [2.45, 2.75) is 44.8 Å². The van der Waals surface area contributed by atoms with E-state index in [0.717, 1.165) is 22.3 Å². The fourth-order valence-corrected chi connectivity index (χ4v) is 4.65. The van der Waals surface area contributed by atoms with E-state index in [1.54, 1.807) is 20.8 Å². The molecule has 0 fully saturated rings. The molecule has 1 amide bonds. The number of thioether (sulfide) groups is 1. The van der Waals surface area contributed by atoms with E-state index in [0.29, 0.717) is 5.75 Å². The summed E-state index contributed by atoms with van der Waals surface area (Å²) in [6.45, 7) is 5.47. The van der Waals surface area contributed by atoms with Gasteiger partial charge in [0.15, 0.2) is 0 Å². The molecule has 0 aromatic heterocycles. The average Bonchev–Trinajstić information content (AvgIpc) is 3.07. The lowest BCUT2D eigenvalue weighted by atomic mass is 9.98. The molecule has 1 aliphatic rings. The summed E-state index contributed by atoms with van der Waals surface area (Å²) in [7, 11) is 0. The summed E-state index contributed by atoms with van der Waals surface area (Å²) in [4.78, 5) is 35.7. The Bertz CT molecular complexity index is 970. The molecule has 2 aromatic rings. The molecule has 0 saturated carbocycles. The maximum absolute atomic E-state index is 12.4. The van der Waals surface area contributed by atoms with Crippen LogP contribution in [0.5, 0.6) is 0 Å². The molecule has 33 heavy (non-hydrogen) atoms. The van der Waals surface area contributed by atoms with Crippen LogP contribution < -0.4 is 5.32 Å². The molecule has 0 spiro atoms. The van der Waals surface area contributed by atoms with Gasteiger partial charge in [-0.15, -0.1) is 0 Å². The van der Waals surface area contributed by atoms with Crippen molar-refractivity contribution in [1.82, 2.24) is 5.32 Å². The highest BCUT2D eigenvalue weighted by Gasteiger charge is 2.29. The third-order valence-corrected chi connectivity index (χ3v) is 6.15. The lowest BCUT2D eigenvalue weighted by molar-refractivity contribution is -0.154. The number of rotatable bonds is 9. The molecule has 0 radical (unpaired) electrons. The van der Waals surface area contributed by atoms with E-state index in [2.05, 4.69) is 5.32 Å². The van der Waals surface area contributed by atoms with Gasteiger partial charge in [0.05, 0.1) is 6.42 Å². The summed E-state index contributed by atoms with van der Waals surface area (Å²) < 4.78 is 10.7. The maximum atomic E-state index is 12.4. The monoisotopic (exact) mass is 471 g/mol. The van der Waals surface area contributed by atoms with Crippen molar-refractivity contribution >= 4 is 29.8 Å². The van der Waals surface area contributed by atoms with Gasteiger partial charge in [-0.25, -0.2) is 9.59 Å². The molecule has 0 heterocycles. The summed E-state index contributed by atoms with van der Waals surface area (Å²) in [6, 6.07) is 14.9. The molecule has 1 aliphatic carbocycles. The predicted octanol–water partition coefficient (Wildman–Crippen LogP) is 4.44. The van der Waals surface area contributed by atoms with Crippen molar-refractivity contribution < 1.29 is 29.0 Å². The van der Waals surface area contributed by atoms with Crippen molar-refractivity contribution in [1.29, 1.82) is 0 Å². The number of esters is 1. The second-order valence-electron chi connectivity index (χ2n) is 8.77. The van der Waals surface area contributed by atoms with Crippen molar-refractivity contribution in [3.05, 3.63) is 59.7 Å². The Balaban J connectivity index is 1.50. The second-order valence-corrected chi connectivity index (χ2v) is 9.92. The fraction of sp³-hybridized carbons (Fsp3) is 0.400. The molecule has 1 atom stereocenters. The quantitative estimate of drug-likeness (QED) is 0.412. The summed E-state index contributed by atoms with van der Waals surface area (Å²) in [6.07, 6.45) is -0.615. The highest BCUT2D eigenvalue weighted by atomic mass is 32.2. The van der Waals surface area contributed by atoms with E-state index in [-0.39, 0.29) is 30.7 Å². The summed E-state index contributed by atoms with van der Waals surface area (Å²) in [5, 5.41) is 11.9. The number of nitrogens with one attached hydrogen (secondary N) is 1. The minimum Gasteiger partial charge on any atom is -0.480 e. The Morgan fingerprint density at radius 1 is 1.03 bits per heavy atom. The molecule has 2 N–H and O–H groups in total. The van der Waals surface area contributed by atoms with Crippen LogP contribution >= 0.6 is 11.8 Å². The first-order valence-corrected chi connectivity index (χ1v) is 11.9. The number of amides is 1. The number of carbonyl (C=O) groups excluding carboxylic acids is 2. The van der Waals surface area contributed by atoms with E-state index in [1.165, 1.54) is 11.8 Å². The number of aliphatic carboxylic acids is 1. The lowest BCUT2D eigenvalue weighted by Gasteiger charge is -2.19. The van der Waals surface area contributed by atoms with Crippen LogP contribution in [0.25, 0.3) is 11.1 Å². The number of benzene rings is 2. The van der Waals surface area contributed by atoms with Gasteiger partial charge >= 0.3 is 18.0 Å². The van der Waals surface area contributed by atoms with Crippen LogP contribution in [0, 0.1) is 0 Å². The van der Waals surface area contributed by atoms with Gasteiger partial charge in [-0.3, -0.25) is 4.79 Å². The third-order valence-electron chi connectivity index (χ3n) is 5.09. The topological polar surface area (TPSA) is 102 Å². The van der Waals surface area contributed by atoms with Gasteiger partial charge in [0.25, 0.3) is 0 Å². The van der Waals surface area contributed by atoms with Gasteiger partial charge in [0.1, 0.15) is 18.2 Å². The van der Waals surface area contributed by atoms with E-state index < -0.39 is 23.7 Å². The summed E-state index contributed by atoms with van der Waals surface area (Å²) in [5.74, 6) is -1.10. The van der Waals surface area contributed by atoms with Gasteiger partial charge in [0.2, 0.25) is 0 Å². The fourth-order valence-electron chi connectivity index (χ4n) is 3.71. The molecule has 1 unspecified atom stereocenters. The van der Waals surface area contributed by atoms with E-state index in [9.17, 15) is 19.5 Å². The van der Waals surface area contributed by atoms with Crippen molar-refractivity contribution in [2.24, 2.45) is 0 Å². The number of alkyl carbamates (subject to hydrolysis) is 1. The van der Waals surface area contributed by atoms with Crippen LogP contribution in [-0.4, -0.2) is 52.9 Å². The van der Waals surface area contributed by atoms with Crippen LogP contribution in [0.3, 0.4) is 0 Å². The first kappa shape index (κ1) is 24.6.